The zero-order chi connectivity index (χ0) is 27.1. The van der Waals surface area contributed by atoms with Crippen LogP contribution >= 0.6 is 0 Å². The van der Waals surface area contributed by atoms with Crippen molar-refractivity contribution in [1.29, 1.82) is 0 Å². The summed E-state index contributed by atoms with van der Waals surface area (Å²) in [5.74, 6) is 0. The molecule has 3 aromatic carbocycles. The van der Waals surface area contributed by atoms with Gasteiger partial charge in [-0.2, -0.15) is 13.2 Å². The molecule has 4 rings (SSSR count). The molecule has 0 amide bonds. The Balaban J connectivity index is 0.000000313. The van der Waals surface area contributed by atoms with E-state index in [0.29, 0.717) is 0 Å². The Morgan fingerprint density at radius 3 is 1.82 bits per heavy atom. The van der Waals surface area contributed by atoms with Crippen LogP contribution in [-0.4, -0.2) is 38.6 Å². The third kappa shape index (κ3) is 8.84. The standard InChI is InChI=1S/C22H15N2.C8H15F3O2.Ir/c1-4-10-17(11-5-1)20-16-23-21(18-12-6-2-7-13-18)22(24-20)19-14-8-3-9-15-19;1-7(2,3)5(12)4-6(13)8(9,10)11;/h1-12,14-16H;5-6,12-13H,4H2,1-3H3;/q-1;;. The minimum Gasteiger partial charge on any atom is -0.392 e. The molecule has 0 aliphatic heterocycles. The van der Waals surface area contributed by atoms with Crippen LogP contribution in [0.4, 0.5) is 13.2 Å². The van der Waals surface area contributed by atoms with Crippen LogP contribution in [0.25, 0.3) is 33.8 Å². The summed E-state index contributed by atoms with van der Waals surface area (Å²) in [7, 11) is 0. The maximum absolute atomic E-state index is 11.8. The van der Waals surface area contributed by atoms with Gasteiger partial charge in [0.05, 0.1) is 17.5 Å². The van der Waals surface area contributed by atoms with E-state index in [1.54, 1.807) is 20.8 Å². The smallest absolute Gasteiger partial charge is 0.392 e. The van der Waals surface area contributed by atoms with Gasteiger partial charge in [0.1, 0.15) is 0 Å². The van der Waals surface area contributed by atoms with Crippen molar-refractivity contribution in [2.24, 2.45) is 5.41 Å². The van der Waals surface area contributed by atoms with Gasteiger partial charge >= 0.3 is 6.18 Å². The fourth-order valence-electron chi connectivity index (χ4n) is 3.37. The van der Waals surface area contributed by atoms with Crippen molar-refractivity contribution < 1.29 is 43.5 Å². The van der Waals surface area contributed by atoms with Crippen molar-refractivity contribution >= 4 is 0 Å². The molecule has 2 unspecified atom stereocenters. The van der Waals surface area contributed by atoms with E-state index in [9.17, 15) is 18.3 Å². The quantitative estimate of drug-likeness (QED) is 0.221. The van der Waals surface area contributed by atoms with E-state index in [1.165, 1.54) is 0 Å². The number of rotatable bonds is 5. The normalized spacial score (nSPS) is 12.9. The molecule has 8 heteroatoms. The van der Waals surface area contributed by atoms with Crippen LogP contribution in [0.2, 0.25) is 0 Å². The Bertz CT molecular complexity index is 1230. The Labute approximate surface area is 235 Å². The number of nitrogens with zero attached hydrogens (tertiary/aromatic N) is 2. The maximum Gasteiger partial charge on any atom is 0.414 e. The van der Waals surface area contributed by atoms with Crippen molar-refractivity contribution in [3.8, 4) is 33.8 Å². The SMILES string of the molecule is CC(C)(C)C(O)CC(O)C(F)(F)F.[Ir].[c-]1ccccc1-c1ncc(-c2ccccc2)nc1-c1ccccc1. The van der Waals surface area contributed by atoms with Gasteiger partial charge in [-0.05, 0) is 11.0 Å². The number of aliphatic hydroxyl groups is 2. The number of hydrogen-bond acceptors (Lipinski definition) is 4. The van der Waals surface area contributed by atoms with Gasteiger partial charge in [-0.15, -0.1) is 35.9 Å². The fourth-order valence-corrected chi connectivity index (χ4v) is 3.37. The van der Waals surface area contributed by atoms with Gasteiger partial charge in [0, 0.05) is 44.0 Å². The van der Waals surface area contributed by atoms with Crippen LogP contribution in [0, 0.1) is 11.5 Å². The van der Waals surface area contributed by atoms with Crippen molar-refractivity contribution in [3.63, 3.8) is 0 Å². The van der Waals surface area contributed by atoms with Gasteiger partial charge in [0.25, 0.3) is 0 Å². The Kier molecular flexibility index (Phi) is 11.3. The summed E-state index contributed by atoms with van der Waals surface area (Å²) >= 11 is 0. The molecule has 0 bridgehead atoms. The first kappa shape index (κ1) is 31.3. The van der Waals surface area contributed by atoms with Crippen LogP contribution in [0.5, 0.6) is 0 Å². The molecule has 0 saturated heterocycles. The summed E-state index contributed by atoms with van der Waals surface area (Å²) in [5.41, 5.74) is 5.01. The molecule has 1 aromatic heterocycles. The van der Waals surface area contributed by atoms with Gasteiger partial charge in [0.15, 0.2) is 6.10 Å². The van der Waals surface area contributed by atoms with Crippen LogP contribution in [0.3, 0.4) is 0 Å². The molecule has 1 heterocycles. The van der Waals surface area contributed by atoms with E-state index in [-0.39, 0.29) is 20.1 Å². The van der Waals surface area contributed by atoms with E-state index >= 15 is 0 Å². The molecule has 38 heavy (non-hydrogen) atoms. The topological polar surface area (TPSA) is 66.2 Å². The summed E-state index contributed by atoms with van der Waals surface area (Å²) in [6.07, 6.45) is -7.09. The zero-order valence-electron chi connectivity index (χ0n) is 21.3. The van der Waals surface area contributed by atoms with Gasteiger partial charge in [-0.3, -0.25) is 4.98 Å². The molecule has 2 N–H and O–H groups in total. The Hall–Kier alpha value is -2.90. The predicted molar refractivity (Wildman–Crippen MR) is 139 cm³/mol. The van der Waals surface area contributed by atoms with Crippen LogP contribution in [0.1, 0.15) is 27.2 Å². The molecule has 0 spiro atoms. The van der Waals surface area contributed by atoms with Crippen LogP contribution < -0.4 is 0 Å². The summed E-state index contributed by atoms with van der Waals surface area (Å²) in [5, 5.41) is 17.9. The molecular weight excluding hydrogens is 670 g/mol. The Morgan fingerprint density at radius 2 is 1.32 bits per heavy atom. The van der Waals surface area contributed by atoms with Gasteiger partial charge in [0.2, 0.25) is 0 Å². The molecule has 4 aromatic rings. The zero-order valence-corrected chi connectivity index (χ0v) is 23.7. The molecule has 1 radical (unpaired) electrons. The number of halogens is 3. The monoisotopic (exact) mass is 700 g/mol. The largest absolute Gasteiger partial charge is 0.414 e. The number of alkyl halides is 3. The minimum atomic E-state index is -4.65. The summed E-state index contributed by atoms with van der Waals surface area (Å²) in [6, 6.07) is 31.4. The van der Waals surface area contributed by atoms with Crippen molar-refractivity contribution in [1.82, 2.24) is 9.97 Å². The third-order valence-corrected chi connectivity index (χ3v) is 5.68. The van der Waals surface area contributed by atoms with Crippen molar-refractivity contribution in [2.75, 3.05) is 0 Å². The van der Waals surface area contributed by atoms with Crippen molar-refractivity contribution in [2.45, 2.75) is 45.6 Å². The number of aromatic nitrogens is 2. The summed E-state index contributed by atoms with van der Waals surface area (Å²) < 4.78 is 35.5. The van der Waals surface area contributed by atoms with Gasteiger partial charge in [-0.25, -0.2) is 0 Å². The van der Waals surface area contributed by atoms with Gasteiger partial charge in [-0.1, -0.05) is 81.4 Å². The maximum atomic E-state index is 11.8. The number of benzene rings is 3. The van der Waals surface area contributed by atoms with Crippen molar-refractivity contribution in [3.05, 3.63) is 97.2 Å². The second-order valence-corrected chi connectivity index (χ2v) is 9.64. The van der Waals surface area contributed by atoms with Crippen LogP contribution in [-0.2, 0) is 20.1 Å². The van der Waals surface area contributed by atoms with E-state index < -0.39 is 30.2 Å². The third-order valence-electron chi connectivity index (χ3n) is 5.68. The first-order valence-electron chi connectivity index (χ1n) is 11.8. The number of aliphatic hydroxyl groups excluding tert-OH is 2. The molecule has 4 nitrogen and oxygen atoms in total. The van der Waals surface area contributed by atoms with Gasteiger partial charge < -0.3 is 15.2 Å². The predicted octanol–water partition coefficient (Wildman–Crippen LogP) is 6.98. The van der Waals surface area contributed by atoms with E-state index in [0.717, 1.165) is 33.8 Å². The first-order chi connectivity index (χ1) is 17.5. The molecule has 0 aliphatic rings. The molecule has 0 aliphatic carbocycles. The fraction of sp³-hybridized carbons (Fsp3) is 0.267. The molecule has 2 atom stereocenters. The second kappa shape index (κ2) is 13.8. The molecule has 0 saturated carbocycles. The van der Waals surface area contributed by atoms with Crippen LogP contribution in [0.15, 0.2) is 91.1 Å². The van der Waals surface area contributed by atoms with E-state index in [2.05, 4.69) is 18.2 Å². The number of hydrogen-bond donors (Lipinski definition) is 2. The van der Waals surface area contributed by atoms with E-state index in [1.807, 2.05) is 79.0 Å². The molecular formula is C30H30F3IrN2O2-. The average Bonchev–Trinajstić information content (AvgIpc) is 2.89. The minimum absolute atomic E-state index is 0. The average molecular weight is 700 g/mol. The Morgan fingerprint density at radius 1 is 0.763 bits per heavy atom. The second-order valence-electron chi connectivity index (χ2n) is 9.64. The van der Waals surface area contributed by atoms with E-state index in [4.69, 9.17) is 15.1 Å². The molecule has 203 valence electrons. The molecule has 0 fully saturated rings. The first-order valence-corrected chi connectivity index (χ1v) is 11.8. The summed E-state index contributed by atoms with van der Waals surface area (Å²) in [6.45, 7) is 4.84. The summed E-state index contributed by atoms with van der Waals surface area (Å²) in [4.78, 5) is 9.61.